The Morgan fingerprint density at radius 2 is 1.96 bits per heavy atom. The van der Waals surface area contributed by atoms with Crippen LogP contribution in [0.25, 0.3) is 11.3 Å². The van der Waals surface area contributed by atoms with Gasteiger partial charge >= 0.3 is 0 Å². The number of aryl methyl sites for hydroxylation is 3. The average Bonchev–Trinajstić information content (AvgIpc) is 3.21. The summed E-state index contributed by atoms with van der Waals surface area (Å²) in [6.45, 7) is 3.23. The minimum atomic E-state index is 0.178. The van der Waals surface area contributed by atoms with E-state index in [4.69, 9.17) is 4.98 Å². The topological polar surface area (TPSA) is 47.7 Å². The highest BCUT2D eigenvalue weighted by molar-refractivity contribution is 5.62. The molecule has 0 radical (unpaired) electrons. The molecule has 0 amide bonds. The summed E-state index contributed by atoms with van der Waals surface area (Å²) in [5, 5.41) is 7.95. The highest BCUT2D eigenvalue weighted by atomic mass is 15.3. The largest absolute Gasteiger partial charge is 0.377 e. The van der Waals surface area contributed by atoms with Crippen molar-refractivity contribution in [3.8, 4) is 11.3 Å². The first-order valence-corrected chi connectivity index (χ1v) is 8.61. The third kappa shape index (κ3) is 2.94. The molecule has 1 aliphatic heterocycles. The minimum Gasteiger partial charge on any atom is -0.377 e. The summed E-state index contributed by atoms with van der Waals surface area (Å²) in [5.41, 5.74) is 4.40. The van der Waals surface area contributed by atoms with Crippen LogP contribution in [0.3, 0.4) is 0 Å². The van der Waals surface area contributed by atoms with E-state index in [1.165, 1.54) is 24.2 Å². The number of hydrogen-bond acceptors (Lipinski definition) is 3. The predicted molar refractivity (Wildman–Crippen MR) is 95.8 cm³/mol. The number of imidazole rings is 1. The number of benzene rings is 1. The maximum absolute atomic E-state index is 4.79. The molecule has 124 valence electrons. The summed E-state index contributed by atoms with van der Waals surface area (Å²) in [6, 6.07) is 10.7. The van der Waals surface area contributed by atoms with Crippen LogP contribution in [-0.2, 0) is 20.0 Å². The molecule has 1 atom stereocenters. The van der Waals surface area contributed by atoms with Gasteiger partial charge in [-0.2, -0.15) is 5.10 Å². The average molecular weight is 321 g/mol. The summed E-state index contributed by atoms with van der Waals surface area (Å²) < 4.78 is 4.13. The standard InChI is InChI=1S/C19H23N5/c1-14(17-10-12-23(2)22-17)20-16-8-6-15(7-9-16)18-13-24-11-4-3-5-19(24)21-18/h6-10,12-14,20H,3-5,11H2,1-2H3. The van der Waals surface area contributed by atoms with Crippen LogP contribution >= 0.6 is 0 Å². The Morgan fingerprint density at radius 1 is 1.12 bits per heavy atom. The molecule has 0 aliphatic carbocycles. The zero-order valence-electron chi connectivity index (χ0n) is 14.2. The summed E-state index contributed by atoms with van der Waals surface area (Å²) in [5.74, 6) is 1.22. The fraction of sp³-hybridized carbons (Fsp3) is 0.368. The molecule has 4 rings (SSSR count). The number of anilines is 1. The molecule has 24 heavy (non-hydrogen) atoms. The lowest BCUT2D eigenvalue weighted by molar-refractivity contribution is 0.522. The maximum Gasteiger partial charge on any atom is 0.109 e. The Labute approximate surface area is 142 Å². The summed E-state index contributed by atoms with van der Waals surface area (Å²) in [6.07, 6.45) is 7.77. The van der Waals surface area contributed by atoms with Crippen molar-refractivity contribution in [1.29, 1.82) is 0 Å². The van der Waals surface area contributed by atoms with E-state index in [0.717, 1.165) is 30.0 Å². The first-order chi connectivity index (χ1) is 11.7. The summed E-state index contributed by atoms with van der Waals surface area (Å²) >= 11 is 0. The van der Waals surface area contributed by atoms with E-state index in [0.29, 0.717) is 0 Å². The Bertz CT molecular complexity index is 804. The molecule has 1 N–H and O–H groups in total. The van der Waals surface area contributed by atoms with Gasteiger partial charge in [-0.15, -0.1) is 0 Å². The van der Waals surface area contributed by atoms with Crippen molar-refractivity contribution >= 4 is 5.69 Å². The molecule has 3 aromatic rings. The van der Waals surface area contributed by atoms with Gasteiger partial charge in [-0.25, -0.2) is 4.98 Å². The van der Waals surface area contributed by atoms with Crippen molar-refractivity contribution in [2.75, 3.05) is 5.32 Å². The molecule has 0 saturated carbocycles. The number of nitrogens with one attached hydrogen (secondary N) is 1. The Hall–Kier alpha value is -2.56. The molecule has 3 heterocycles. The van der Waals surface area contributed by atoms with E-state index >= 15 is 0 Å². The second-order valence-corrected chi connectivity index (χ2v) is 6.55. The summed E-state index contributed by atoms with van der Waals surface area (Å²) in [7, 11) is 1.94. The fourth-order valence-electron chi connectivity index (χ4n) is 3.28. The third-order valence-corrected chi connectivity index (χ3v) is 4.65. The van der Waals surface area contributed by atoms with Crippen LogP contribution in [-0.4, -0.2) is 19.3 Å². The SMILES string of the molecule is CC(Nc1ccc(-c2cn3c(n2)CCCC3)cc1)c1ccn(C)n1. The fourth-order valence-corrected chi connectivity index (χ4v) is 3.28. The summed E-state index contributed by atoms with van der Waals surface area (Å²) in [4.78, 5) is 4.79. The van der Waals surface area contributed by atoms with Crippen LogP contribution in [0.5, 0.6) is 0 Å². The number of hydrogen-bond donors (Lipinski definition) is 1. The van der Waals surface area contributed by atoms with Gasteiger partial charge in [0.05, 0.1) is 17.4 Å². The Kier molecular flexibility index (Phi) is 3.84. The molecule has 1 aliphatic rings. The van der Waals surface area contributed by atoms with Gasteiger partial charge in [-0.05, 0) is 38.0 Å². The quantitative estimate of drug-likeness (QED) is 0.795. The first-order valence-electron chi connectivity index (χ1n) is 8.61. The molecule has 2 aromatic heterocycles. The zero-order chi connectivity index (χ0) is 16.5. The predicted octanol–water partition coefficient (Wildman–Crippen LogP) is 3.79. The molecule has 5 heteroatoms. The monoisotopic (exact) mass is 321 g/mol. The number of fused-ring (bicyclic) bond motifs is 1. The molecule has 0 saturated heterocycles. The molecule has 1 aromatic carbocycles. The molecular formula is C19H23N5. The van der Waals surface area contributed by atoms with Gasteiger partial charge in [0.25, 0.3) is 0 Å². The zero-order valence-corrected chi connectivity index (χ0v) is 14.2. The minimum absolute atomic E-state index is 0.178. The van der Waals surface area contributed by atoms with Gasteiger partial charge in [-0.1, -0.05) is 12.1 Å². The molecule has 0 spiro atoms. The number of aromatic nitrogens is 4. The van der Waals surface area contributed by atoms with Gasteiger partial charge in [0, 0.05) is 43.7 Å². The normalized spacial score (nSPS) is 15.1. The van der Waals surface area contributed by atoms with E-state index in [2.05, 4.69) is 52.4 Å². The number of nitrogens with zero attached hydrogens (tertiary/aromatic N) is 4. The van der Waals surface area contributed by atoms with Gasteiger partial charge in [0.2, 0.25) is 0 Å². The smallest absolute Gasteiger partial charge is 0.109 e. The van der Waals surface area contributed by atoms with Crippen molar-refractivity contribution in [3.63, 3.8) is 0 Å². The first kappa shape index (κ1) is 15.0. The molecule has 0 fully saturated rings. The van der Waals surface area contributed by atoms with Crippen LogP contribution in [0.1, 0.15) is 37.3 Å². The van der Waals surface area contributed by atoms with Crippen molar-refractivity contribution in [2.45, 2.75) is 38.8 Å². The maximum atomic E-state index is 4.79. The van der Waals surface area contributed by atoms with E-state index in [9.17, 15) is 0 Å². The van der Waals surface area contributed by atoms with Gasteiger partial charge < -0.3 is 9.88 Å². The number of rotatable bonds is 4. The lowest BCUT2D eigenvalue weighted by Crippen LogP contribution is -2.08. The van der Waals surface area contributed by atoms with E-state index < -0.39 is 0 Å². The molecular weight excluding hydrogens is 298 g/mol. The van der Waals surface area contributed by atoms with E-state index in [1.807, 2.05) is 24.0 Å². The van der Waals surface area contributed by atoms with Crippen LogP contribution in [0.2, 0.25) is 0 Å². The highest BCUT2D eigenvalue weighted by Crippen LogP contribution is 2.25. The third-order valence-electron chi connectivity index (χ3n) is 4.65. The van der Waals surface area contributed by atoms with E-state index in [-0.39, 0.29) is 6.04 Å². The van der Waals surface area contributed by atoms with Crippen molar-refractivity contribution in [2.24, 2.45) is 7.05 Å². The van der Waals surface area contributed by atoms with Gasteiger partial charge in [-0.3, -0.25) is 4.68 Å². The van der Waals surface area contributed by atoms with Gasteiger partial charge in [0.1, 0.15) is 5.82 Å². The van der Waals surface area contributed by atoms with Crippen LogP contribution < -0.4 is 5.32 Å². The van der Waals surface area contributed by atoms with Gasteiger partial charge in [0.15, 0.2) is 0 Å². The lowest BCUT2D eigenvalue weighted by Gasteiger charge is -2.13. The molecule has 1 unspecified atom stereocenters. The molecule has 5 nitrogen and oxygen atoms in total. The van der Waals surface area contributed by atoms with Crippen molar-refractivity contribution in [1.82, 2.24) is 19.3 Å². The van der Waals surface area contributed by atoms with E-state index in [1.54, 1.807) is 0 Å². The molecule has 0 bridgehead atoms. The van der Waals surface area contributed by atoms with Crippen molar-refractivity contribution < 1.29 is 0 Å². The van der Waals surface area contributed by atoms with Crippen molar-refractivity contribution in [3.05, 3.63) is 54.2 Å². The van der Waals surface area contributed by atoms with Crippen LogP contribution in [0.15, 0.2) is 42.7 Å². The Balaban J connectivity index is 1.49. The van der Waals surface area contributed by atoms with Crippen LogP contribution in [0, 0.1) is 0 Å². The Morgan fingerprint density at radius 3 is 2.67 bits per heavy atom. The highest BCUT2D eigenvalue weighted by Gasteiger charge is 2.13. The lowest BCUT2D eigenvalue weighted by atomic mass is 10.1. The second-order valence-electron chi connectivity index (χ2n) is 6.55. The second kappa shape index (κ2) is 6.15. The van der Waals surface area contributed by atoms with Crippen LogP contribution in [0.4, 0.5) is 5.69 Å².